The molecular formula is C45H49BrF2N8O3. The van der Waals surface area contributed by atoms with Gasteiger partial charge in [-0.1, -0.05) is 12.1 Å². The zero-order valence-corrected chi connectivity index (χ0v) is 35.7. The van der Waals surface area contributed by atoms with Gasteiger partial charge in [-0.3, -0.25) is 19.1 Å². The van der Waals surface area contributed by atoms with E-state index < -0.39 is 28.9 Å². The van der Waals surface area contributed by atoms with Crippen molar-refractivity contribution in [3.8, 4) is 5.69 Å². The lowest BCUT2D eigenvalue weighted by atomic mass is 9.85. The number of benzene rings is 3. The van der Waals surface area contributed by atoms with Crippen molar-refractivity contribution >= 4 is 50.7 Å². The van der Waals surface area contributed by atoms with Gasteiger partial charge in [0.05, 0.1) is 27.9 Å². The molecule has 2 saturated heterocycles. The van der Waals surface area contributed by atoms with Gasteiger partial charge in [-0.25, -0.2) is 18.7 Å². The summed E-state index contributed by atoms with van der Waals surface area (Å²) in [5.41, 5.74) is 4.67. The van der Waals surface area contributed by atoms with E-state index in [1.54, 1.807) is 0 Å². The lowest BCUT2D eigenvalue weighted by Crippen LogP contribution is -2.59. The van der Waals surface area contributed by atoms with Crippen LogP contribution in [0.25, 0.3) is 16.6 Å². The van der Waals surface area contributed by atoms with Gasteiger partial charge in [-0.15, -0.1) is 0 Å². The first-order chi connectivity index (χ1) is 28.2. The Hall–Kier alpha value is -5.08. The van der Waals surface area contributed by atoms with Gasteiger partial charge in [0.25, 0.3) is 5.56 Å². The third-order valence-corrected chi connectivity index (χ3v) is 13.3. The Bertz CT molecular complexity index is 2480. The Balaban J connectivity index is 0.909. The van der Waals surface area contributed by atoms with Crippen LogP contribution in [-0.2, 0) is 21.5 Å². The van der Waals surface area contributed by atoms with E-state index in [0.29, 0.717) is 55.7 Å². The van der Waals surface area contributed by atoms with Crippen LogP contribution >= 0.6 is 15.9 Å². The largest absolute Gasteiger partial charge is 0.368 e. The number of hydrogen-bond acceptors (Lipinski definition) is 9. The van der Waals surface area contributed by atoms with Crippen LogP contribution in [0.1, 0.15) is 93.3 Å². The molecule has 1 atom stereocenters. The third kappa shape index (κ3) is 7.43. The van der Waals surface area contributed by atoms with Crippen molar-refractivity contribution in [1.82, 2.24) is 29.7 Å². The first-order valence-corrected chi connectivity index (χ1v) is 21.1. The van der Waals surface area contributed by atoms with Crippen LogP contribution in [0.2, 0.25) is 0 Å². The predicted octanol–water partition coefficient (Wildman–Crippen LogP) is 7.15. The number of carbonyl (C=O) groups is 2. The number of piperidine rings is 1. The SMILES string of the molecule is CNC(=O)C(CCC=O)c1c(F)cc(C2CCN(c3ncc(CN4CCN(c5ccc6c(c5)-n5c(nc(=O)c7c(Br)cccc75)C6(C)C)CC4(C)C)cn3)CC2)cc1F. The minimum Gasteiger partial charge on any atom is -0.368 e. The van der Waals surface area contributed by atoms with Gasteiger partial charge in [-0.2, -0.15) is 4.98 Å². The number of anilines is 2. The minimum atomic E-state index is -1.07. The molecule has 2 aromatic heterocycles. The van der Waals surface area contributed by atoms with Crippen LogP contribution < -0.4 is 20.7 Å². The first kappa shape index (κ1) is 40.7. The number of carbonyl (C=O) groups excluding carboxylic acids is 2. The monoisotopic (exact) mass is 866 g/mol. The zero-order valence-electron chi connectivity index (χ0n) is 34.1. The normalized spacial score (nSPS) is 18.1. The van der Waals surface area contributed by atoms with Gasteiger partial charge < -0.3 is 19.9 Å². The number of fused-ring (bicyclic) bond motifs is 5. The van der Waals surface area contributed by atoms with Crippen molar-refractivity contribution in [2.45, 2.75) is 82.7 Å². The maximum atomic E-state index is 15.4. The Morgan fingerprint density at radius 3 is 2.36 bits per heavy atom. The highest BCUT2D eigenvalue weighted by Gasteiger charge is 2.40. The molecule has 14 heteroatoms. The molecule has 1 amide bonds. The molecule has 3 aromatic carbocycles. The van der Waals surface area contributed by atoms with Gasteiger partial charge in [-0.05, 0) is 116 Å². The number of rotatable bonds is 10. The topological polar surface area (TPSA) is 117 Å². The average Bonchev–Trinajstić information content (AvgIpc) is 3.44. The van der Waals surface area contributed by atoms with E-state index in [0.717, 1.165) is 57.9 Å². The summed E-state index contributed by atoms with van der Waals surface area (Å²) in [6.07, 6.45) is 5.85. The van der Waals surface area contributed by atoms with Crippen LogP contribution in [0.3, 0.4) is 0 Å². The van der Waals surface area contributed by atoms with Gasteiger partial charge >= 0.3 is 0 Å². The fourth-order valence-corrected chi connectivity index (χ4v) is 9.88. The fourth-order valence-electron chi connectivity index (χ4n) is 9.36. The fraction of sp³-hybridized carbons (Fsp3) is 0.422. The summed E-state index contributed by atoms with van der Waals surface area (Å²) in [6, 6.07) is 15.2. The molecule has 0 radical (unpaired) electrons. The summed E-state index contributed by atoms with van der Waals surface area (Å²) < 4.78 is 33.6. The van der Waals surface area contributed by atoms with Crippen LogP contribution in [0, 0.1) is 11.6 Å². The van der Waals surface area contributed by atoms with Gasteiger partial charge in [0.15, 0.2) is 0 Å². The molecule has 1 unspecified atom stereocenters. The number of aldehydes is 1. The molecule has 0 bridgehead atoms. The van der Waals surface area contributed by atoms with E-state index in [2.05, 4.69) is 91.4 Å². The number of amides is 1. The summed E-state index contributed by atoms with van der Waals surface area (Å²) in [4.78, 5) is 57.6. The predicted molar refractivity (Wildman–Crippen MR) is 229 cm³/mol. The number of piperazine rings is 1. The molecule has 0 spiro atoms. The number of likely N-dealkylation sites (N-methyl/N-ethyl adjacent to an activating group) is 1. The maximum Gasteiger partial charge on any atom is 0.281 e. The highest BCUT2D eigenvalue weighted by Crippen LogP contribution is 2.45. The Kier molecular flexibility index (Phi) is 10.9. The molecule has 5 aromatic rings. The standard InChI is InChI=1S/C45H49BrF2N8O3/c1-44(2)26-54(30-11-12-32-37(22-30)56-36-10-6-9-33(46)39(36)41(59)52-42(56)45(32,3)4)17-18-55(44)25-27-23-50-43(51-24-27)53-15-13-28(14-16-53)29-20-34(47)38(35(48)21-29)31(8-7-19-57)40(58)49-5/h6,9-12,19-24,28,31H,7-8,13-18,25-26H2,1-5H3,(H,49,58). The van der Waals surface area contributed by atoms with Crippen LogP contribution in [0.15, 0.2) is 70.2 Å². The van der Waals surface area contributed by atoms with Crippen molar-refractivity contribution in [2.24, 2.45) is 0 Å². The maximum absolute atomic E-state index is 15.4. The molecule has 3 aliphatic rings. The Labute approximate surface area is 351 Å². The molecule has 308 valence electrons. The summed E-state index contributed by atoms with van der Waals surface area (Å²) in [6.45, 7) is 13.3. The molecule has 8 rings (SSSR count). The van der Waals surface area contributed by atoms with E-state index in [4.69, 9.17) is 9.97 Å². The molecular weight excluding hydrogens is 818 g/mol. The van der Waals surface area contributed by atoms with Crippen LogP contribution in [0.5, 0.6) is 0 Å². The summed E-state index contributed by atoms with van der Waals surface area (Å²) in [5.74, 6) is -1.78. The number of nitrogens with zero attached hydrogens (tertiary/aromatic N) is 7. The van der Waals surface area contributed by atoms with E-state index >= 15 is 8.78 Å². The highest BCUT2D eigenvalue weighted by molar-refractivity contribution is 9.10. The van der Waals surface area contributed by atoms with E-state index in [9.17, 15) is 14.4 Å². The lowest BCUT2D eigenvalue weighted by molar-refractivity contribution is -0.122. The van der Waals surface area contributed by atoms with Gasteiger partial charge in [0.1, 0.15) is 23.7 Å². The zero-order chi connectivity index (χ0) is 41.8. The van der Waals surface area contributed by atoms with Crippen molar-refractivity contribution in [2.75, 3.05) is 49.6 Å². The summed E-state index contributed by atoms with van der Waals surface area (Å²) in [5, 5.41) is 3.04. The molecule has 2 fully saturated rings. The van der Waals surface area contributed by atoms with E-state index in [1.807, 2.05) is 30.6 Å². The smallest absolute Gasteiger partial charge is 0.281 e. The third-order valence-electron chi connectivity index (χ3n) is 12.7. The molecule has 0 saturated carbocycles. The van der Waals surface area contributed by atoms with Crippen LogP contribution in [0.4, 0.5) is 20.4 Å². The number of aromatic nitrogens is 4. The Morgan fingerprint density at radius 1 is 0.983 bits per heavy atom. The minimum absolute atomic E-state index is 0.0307. The first-order valence-electron chi connectivity index (χ1n) is 20.3. The summed E-state index contributed by atoms with van der Waals surface area (Å²) in [7, 11) is 1.41. The van der Waals surface area contributed by atoms with Crippen molar-refractivity contribution in [1.29, 1.82) is 0 Å². The lowest BCUT2D eigenvalue weighted by Gasteiger charge is -2.48. The molecule has 1 N–H and O–H groups in total. The number of nitrogens with one attached hydrogen (secondary N) is 1. The summed E-state index contributed by atoms with van der Waals surface area (Å²) >= 11 is 3.58. The van der Waals surface area contributed by atoms with Crippen molar-refractivity contribution < 1.29 is 18.4 Å². The van der Waals surface area contributed by atoms with Crippen molar-refractivity contribution in [3.63, 3.8) is 0 Å². The van der Waals surface area contributed by atoms with E-state index in [-0.39, 0.29) is 35.4 Å². The second-order valence-corrected chi connectivity index (χ2v) is 18.0. The van der Waals surface area contributed by atoms with Crippen LogP contribution in [-0.4, -0.2) is 81.9 Å². The Morgan fingerprint density at radius 2 is 1.69 bits per heavy atom. The quantitative estimate of drug-likeness (QED) is 0.146. The average molecular weight is 868 g/mol. The molecule has 59 heavy (non-hydrogen) atoms. The highest BCUT2D eigenvalue weighted by atomic mass is 79.9. The van der Waals surface area contributed by atoms with Gasteiger partial charge in [0.2, 0.25) is 11.9 Å². The number of hydrogen-bond donors (Lipinski definition) is 1. The van der Waals surface area contributed by atoms with Gasteiger partial charge in [0, 0.05) is 92.0 Å². The molecule has 5 heterocycles. The second-order valence-electron chi connectivity index (χ2n) is 17.2. The molecule has 3 aliphatic heterocycles. The van der Waals surface area contributed by atoms with Crippen molar-refractivity contribution in [3.05, 3.63) is 115 Å². The second kappa shape index (κ2) is 15.8. The van der Waals surface area contributed by atoms with E-state index in [1.165, 1.54) is 19.2 Å². The molecule has 11 nitrogen and oxygen atoms in total. The molecule has 0 aliphatic carbocycles. The number of halogens is 3.